The lowest BCUT2D eigenvalue weighted by Gasteiger charge is -2.16. The van der Waals surface area contributed by atoms with E-state index in [0.29, 0.717) is 11.3 Å². The molecule has 2 rings (SSSR count). The third-order valence-corrected chi connectivity index (χ3v) is 5.29. The third kappa shape index (κ3) is 3.81. The lowest BCUT2D eigenvalue weighted by atomic mass is 10.1. The van der Waals surface area contributed by atoms with E-state index >= 15 is 0 Å². The van der Waals surface area contributed by atoms with Gasteiger partial charge in [0.05, 0.1) is 11.7 Å². The van der Waals surface area contributed by atoms with E-state index in [-0.39, 0.29) is 18.6 Å². The predicted molar refractivity (Wildman–Crippen MR) is 87.4 cm³/mol. The first-order valence-corrected chi connectivity index (χ1v) is 8.32. The Bertz CT molecular complexity index is 593. The standard InChI is InChI=1S/C14H19N3O2S2/c1-9-12(21-14(15-9)17(2)3)13(19)16-10(6-7-18)11-5-4-8-20-11/h4-5,8,10,18H,6-7H2,1-3H3,(H,16,19). The third-order valence-electron chi connectivity index (χ3n) is 2.98. The van der Waals surface area contributed by atoms with Gasteiger partial charge in [-0.2, -0.15) is 0 Å². The van der Waals surface area contributed by atoms with Gasteiger partial charge in [0.15, 0.2) is 5.13 Å². The number of carbonyl (C=O) groups excluding carboxylic acids is 1. The van der Waals surface area contributed by atoms with Gasteiger partial charge in [-0.3, -0.25) is 4.79 Å². The van der Waals surface area contributed by atoms with E-state index in [1.807, 2.05) is 43.4 Å². The number of aryl methyl sites for hydroxylation is 1. The normalized spacial score (nSPS) is 12.2. The second-order valence-corrected chi connectivity index (χ2v) is 6.82. The first kappa shape index (κ1) is 15.9. The van der Waals surface area contributed by atoms with Gasteiger partial charge in [0.25, 0.3) is 5.91 Å². The number of thiazole rings is 1. The molecule has 1 amide bonds. The molecule has 0 aliphatic carbocycles. The Balaban J connectivity index is 2.15. The summed E-state index contributed by atoms with van der Waals surface area (Å²) in [5.41, 5.74) is 0.732. The second-order valence-electron chi connectivity index (χ2n) is 4.86. The zero-order valence-corrected chi connectivity index (χ0v) is 13.9. The number of amides is 1. The van der Waals surface area contributed by atoms with Crippen LogP contribution in [-0.2, 0) is 0 Å². The van der Waals surface area contributed by atoms with Crippen molar-refractivity contribution in [2.24, 2.45) is 0 Å². The summed E-state index contributed by atoms with van der Waals surface area (Å²) in [7, 11) is 3.81. The van der Waals surface area contributed by atoms with Crippen LogP contribution in [0, 0.1) is 6.92 Å². The predicted octanol–water partition coefficient (Wildman–Crippen LogP) is 2.43. The molecule has 0 aliphatic heterocycles. The molecule has 0 bridgehead atoms. The summed E-state index contributed by atoms with van der Waals surface area (Å²) in [6, 6.07) is 3.75. The number of rotatable bonds is 6. The monoisotopic (exact) mass is 325 g/mol. The van der Waals surface area contributed by atoms with Crippen molar-refractivity contribution in [2.75, 3.05) is 25.6 Å². The average Bonchev–Trinajstić information content (AvgIpc) is 3.07. The highest BCUT2D eigenvalue weighted by atomic mass is 32.1. The number of aliphatic hydroxyl groups is 1. The molecule has 0 spiro atoms. The van der Waals surface area contributed by atoms with E-state index in [4.69, 9.17) is 0 Å². The van der Waals surface area contributed by atoms with Crippen LogP contribution in [0.25, 0.3) is 0 Å². The molecule has 0 fully saturated rings. The number of hydrogen-bond acceptors (Lipinski definition) is 6. The van der Waals surface area contributed by atoms with E-state index in [2.05, 4.69) is 10.3 Å². The number of anilines is 1. The van der Waals surface area contributed by atoms with Crippen molar-refractivity contribution in [1.82, 2.24) is 10.3 Å². The molecule has 0 aliphatic rings. The SMILES string of the molecule is Cc1nc(N(C)C)sc1C(=O)NC(CCO)c1cccs1. The molecule has 1 atom stereocenters. The number of nitrogens with zero attached hydrogens (tertiary/aromatic N) is 2. The molecule has 0 aromatic carbocycles. The Labute approximate surface area is 132 Å². The quantitative estimate of drug-likeness (QED) is 0.856. The zero-order chi connectivity index (χ0) is 15.4. The minimum absolute atomic E-state index is 0.0352. The molecule has 2 aromatic rings. The van der Waals surface area contributed by atoms with Gasteiger partial charge in [0.2, 0.25) is 0 Å². The van der Waals surface area contributed by atoms with E-state index in [1.165, 1.54) is 11.3 Å². The highest BCUT2D eigenvalue weighted by Gasteiger charge is 2.20. The zero-order valence-electron chi connectivity index (χ0n) is 12.3. The van der Waals surface area contributed by atoms with E-state index in [1.54, 1.807) is 11.3 Å². The fraction of sp³-hybridized carbons (Fsp3) is 0.429. The number of aromatic nitrogens is 1. The van der Waals surface area contributed by atoms with Gasteiger partial charge in [-0.05, 0) is 24.8 Å². The van der Waals surface area contributed by atoms with Gasteiger partial charge < -0.3 is 15.3 Å². The topological polar surface area (TPSA) is 65.5 Å². The summed E-state index contributed by atoms with van der Waals surface area (Å²) in [5.74, 6) is -0.134. The molecule has 1 unspecified atom stereocenters. The second kappa shape index (κ2) is 7.02. The van der Waals surface area contributed by atoms with Crippen molar-refractivity contribution < 1.29 is 9.90 Å². The molecule has 2 N–H and O–H groups in total. The summed E-state index contributed by atoms with van der Waals surface area (Å²) in [5, 5.41) is 15.0. The van der Waals surface area contributed by atoms with Crippen molar-refractivity contribution >= 4 is 33.7 Å². The largest absolute Gasteiger partial charge is 0.396 e. The lowest BCUT2D eigenvalue weighted by molar-refractivity contribution is 0.0934. The fourth-order valence-corrected chi connectivity index (χ4v) is 3.62. The molecule has 2 heterocycles. The minimum Gasteiger partial charge on any atom is -0.396 e. The van der Waals surface area contributed by atoms with Crippen molar-refractivity contribution in [2.45, 2.75) is 19.4 Å². The molecule has 5 nitrogen and oxygen atoms in total. The molecule has 0 radical (unpaired) electrons. The number of aliphatic hydroxyl groups excluding tert-OH is 1. The molecular weight excluding hydrogens is 306 g/mol. The summed E-state index contributed by atoms with van der Waals surface area (Å²) in [6.07, 6.45) is 0.505. The van der Waals surface area contributed by atoms with E-state index < -0.39 is 0 Å². The summed E-state index contributed by atoms with van der Waals surface area (Å²) >= 11 is 2.95. The maximum Gasteiger partial charge on any atom is 0.263 e. The number of hydrogen-bond donors (Lipinski definition) is 2. The van der Waals surface area contributed by atoms with E-state index in [9.17, 15) is 9.90 Å². The molecule has 0 saturated heterocycles. The van der Waals surface area contributed by atoms with Crippen LogP contribution in [0.5, 0.6) is 0 Å². The maximum absolute atomic E-state index is 12.4. The minimum atomic E-state index is -0.160. The molecule has 0 saturated carbocycles. The Hall–Kier alpha value is -1.44. The molecular formula is C14H19N3O2S2. The maximum atomic E-state index is 12.4. The van der Waals surface area contributed by atoms with Gasteiger partial charge in [-0.25, -0.2) is 4.98 Å². The Morgan fingerprint density at radius 1 is 1.52 bits per heavy atom. The average molecular weight is 325 g/mol. The summed E-state index contributed by atoms with van der Waals surface area (Å²) in [4.78, 5) is 20.4. The van der Waals surface area contributed by atoms with Gasteiger partial charge in [-0.1, -0.05) is 17.4 Å². The van der Waals surface area contributed by atoms with Crippen molar-refractivity contribution in [3.05, 3.63) is 33.0 Å². The van der Waals surface area contributed by atoms with Crippen LogP contribution in [0.2, 0.25) is 0 Å². The molecule has 114 valence electrons. The van der Waals surface area contributed by atoms with Crippen molar-refractivity contribution in [3.63, 3.8) is 0 Å². The number of carbonyl (C=O) groups is 1. The first-order valence-electron chi connectivity index (χ1n) is 6.62. The fourth-order valence-electron chi connectivity index (χ4n) is 1.91. The Morgan fingerprint density at radius 2 is 2.29 bits per heavy atom. The van der Waals surface area contributed by atoms with Gasteiger partial charge in [0, 0.05) is 25.6 Å². The van der Waals surface area contributed by atoms with E-state index in [0.717, 1.165) is 15.7 Å². The van der Waals surface area contributed by atoms with Crippen molar-refractivity contribution in [1.29, 1.82) is 0 Å². The summed E-state index contributed by atoms with van der Waals surface area (Å²) < 4.78 is 0. The highest BCUT2D eigenvalue weighted by molar-refractivity contribution is 7.17. The van der Waals surface area contributed by atoms with Crippen LogP contribution in [0.4, 0.5) is 5.13 Å². The first-order chi connectivity index (χ1) is 10.0. The van der Waals surface area contributed by atoms with Crippen LogP contribution in [0.15, 0.2) is 17.5 Å². The van der Waals surface area contributed by atoms with Gasteiger partial charge in [-0.15, -0.1) is 11.3 Å². The van der Waals surface area contributed by atoms with Crippen LogP contribution in [0.3, 0.4) is 0 Å². The highest BCUT2D eigenvalue weighted by Crippen LogP contribution is 2.27. The summed E-state index contributed by atoms with van der Waals surface area (Å²) in [6.45, 7) is 1.87. The Kier molecular flexibility index (Phi) is 5.33. The van der Waals surface area contributed by atoms with Crippen LogP contribution in [0.1, 0.15) is 32.7 Å². The van der Waals surface area contributed by atoms with Gasteiger partial charge in [0.1, 0.15) is 4.88 Å². The molecule has 2 aromatic heterocycles. The smallest absolute Gasteiger partial charge is 0.263 e. The number of nitrogens with one attached hydrogen (secondary N) is 1. The van der Waals surface area contributed by atoms with Crippen molar-refractivity contribution in [3.8, 4) is 0 Å². The Morgan fingerprint density at radius 3 is 2.81 bits per heavy atom. The van der Waals surface area contributed by atoms with Gasteiger partial charge >= 0.3 is 0 Å². The molecule has 7 heteroatoms. The van der Waals surface area contributed by atoms with Crippen LogP contribution in [-0.4, -0.2) is 36.7 Å². The molecule has 21 heavy (non-hydrogen) atoms. The van der Waals surface area contributed by atoms with Crippen LogP contribution < -0.4 is 10.2 Å². The van der Waals surface area contributed by atoms with Crippen LogP contribution >= 0.6 is 22.7 Å². The number of thiophene rings is 1. The lowest BCUT2D eigenvalue weighted by Crippen LogP contribution is -2.28.